The van der Waals surface area contributed by atoms with Gasteiger partial charge in [-0.25, -0.2) is 0 Å². The minimum absolute atomic E-state index is 0.154. The van der Waals surface area contributed by atoms with Gasteiger partial charge in [0.05, 0.1) is 7.11 Å². The molecule has 0 aliphatic heterocycles. The number of benzene rings is 1. The highest BCUT2D eigenvalue weighted by molar-refractivity contribution is 6.08. The molecule has 0 fully saturated rings. The lowest BCUT2D eigenvalue weighted by atomic mass is 10.0. The summed E-state index contributed by atoms with van der Waals surface area (Å²) in [6, 6.07) is 5.49. The van der Waals surface area contributed by atoms with Gasteiger partial charge in [0.2, 0.25) is 0 Å². The van der Waals surface area contributed by atoms with Crippen molar-refractivity contribution in [1.82, 2.24) is 0 Å². The zero-order valence-corrected chi connectivity index (χ0v) is 10.4. The Balaban J connectivity index is 2.61. The summed E-state index contributed by atoms with van der Waals surface area (Å²) in [5.74, 6) is 1.61. The first kappa shape index (κ1) is 11.7. The average Bonchev–Trinajstić information content (AvgIpc) is 2.69. The molecule has 0 unspecified atom stereocenters. The van der Waals surface area contributed by atoms with Crippen LogP contribution in [0.5, 0.6) is 5.75 Å². The van der Waals surface area contributed by atoms with E-state index in [9.17, 15) is 4.79 Å². The van der Waals surface area contributed by atoms with Crippen LogP contribution >= 0.6 is 0 Å². The van der Waals surface area contributed by atoms with Crippen molar-refractivity contribution < 1.29 is 13.9 Å². The molecule has 0 N–H and O–H groups in total. The maximum Gasteiger partial charge on any atom is 0.176 e. The molecule has 0 saturated heterocycles. The third kappa shape index (κ3) is 2.05. The molecule has 0 aliphatic rings. The lowest BCUT2D eigenvalue weighted by Crippen LogP contribution is -1.99. The number of Topliss-reactive ketones (excluding diaryl/α,β-unsaturated/α-hetero) is 1. The molecule has 0 aliphatic carbocycles. The van der Waals surface area contributed by atoms with E-state index in [1.165, 1.54) is 0 Å². The molecule has 0 amide bonds. The van der Waals surface area contributed by atoms with Gasteiger partial charge in [0, 0.05) is 17.4 Å². The molecule has 3 nitrogen and oxygen atoms in total. The Kier molecular flexibility index (Phi) is 3.18. The summed E-state index contributed by atoms with van der Waals surface area (Å²) in [5.41, 5.74) is 1.38. The van der Waals surface area contributed by atoms with Gasteiger partial charge in [0.25, 0.3) is 0 Å². The molecule has 1 aromatic heterocycles. The van der Waals surface area contributed by atoms with Gasteiger partial charge in [-0.1, -0.05) is 6.92 Å². The molecule has 0 bridgehead atoms. The number of rotatable bonds is 4. The largest absolute Gasteiger partial charge is 0.493 e. The highest BCUT2D eigenvalue weighted by Gasteiger charge is 2.15. The topological polar surface area (TPSA) is 39.4 Å². The fourth-order valence-corrected chi connectivity index (χ4v) is 1.99. The summed E-state index contributed by atoms with van der Waals surface area (Å²) in [6.07, 6.45) is 1.41. The Morgan fingerprint density at radius 1 is 1.41 bits per heavy atom. The minimum atomic E-state index is 0.154. The molecule has 3 heteroatoms. The zero-order valence-electron chi connectivity index (χ0n) is 10.4. The van der Waals surface area contributed by atoms with Gasteiger partial charge in [-0.15, -0.1) is 0 Å². The minimum Gasteiger partial charge on any atom is -0.493 e. The number of methoxy groups -OCH3 is 1. The molecule has 1 heterocycles. The lowest BCUT2D eigenvalue weighted by Gasteiger charge is -2.04. The van der Waals surface area contributed by atoms with Crippen molar-refractivity contribution >= 4 is 16.8 Å². The van der Waals surface area contributed by atoms with E-state index in [2.05, 4.69) is 0 Å². The molecule has 2 rings (SSSR count). The van der Waals surface area contributed by atoms with Crippen molar-refractivity contribution in [2.75, 3.05) is 7.11 Å². The van der Waals surface area contributed by atoms with Crippen LogP contribution in [-0.4, -0.2) is 12.9 Å². The van der Waals surface area contributed by atoms with E-state index in [0.29, 0.717) is 17.8 Å². The van der Waals surface area contributed by atoms with Crippen molar-refractivity contribution in [3.63, 3.8) is 0 Å². The van der Waals surface area contributed by atoms with Gasteiger partial charge >= 0.3 is 0 Å². The number of hydrogen-bond acceptors (Lipinski definition) is 3. The normalized spacial score (nSPS) is 10.8. The molecule has 0 radical (unpaired) electrons. The number of carbonyl (C=O) groups excluding carboxylic acids is 1. The van der Waals surface area contributed by atoms with E-state index in [0.717, 1.165) is 23.1 Å². The molecule has 0 saturated carbocycles. The fourth-order valence-electron chi connectivity index (χ4n) is 1.99. The number of carbonyl (C=O) groups is 1. The van der Waals surface area contributed by atoms with Crippen LogP contribution in [0.15, 0.2) is 22.6 Å². The van der Waals surface area contributed by atoms with E-state index < -0.39 is 0 Å². The van der Waals surface area contributed by atoms with E-state index >= 15 is 0 Å². The van der Waals surface area contributed by atoms with Gasteiger partial charge in [-0.2, -0.15) is 0 Å². The summed E-state index contributed by atoms with van der Waals surface area (Å²) >= 11 is 0. The van der Waals surface area contributed by atoms with Crippen molar-refractivity contribution in [1.29, 1.82) is 0 Å². The van der Waals surface area contributed by atoms with Crippen LogP contribution in [0.25, 0.3) is 11.0 Å². The lowest BCUT2D eigenvalue weighted by molar-refractivity contribution is 0.0983. The van der Waals surface area contributed by atoms with Crippen molar-refractivity contribution in [2.45, 2.75) is 26.7 Å². The fraction of sp³-hybridized carbons (Fsp3) is 0.357. The van der Waals surface area contributed by atoms with Crippen LogP contribution in [0.3, 0.4) is 0 Å². The SMILES string of the molecule is CCCC(=O)c1ccc(OC)c2oc(C)cc12. The van der Waals surface area contributed by atoms with Crippen LogP contribution in [0, 0.1) is 6.92 Å². The van der Waals surface area contributed by atoms with E-state index in [4.69, 9.17) is 9.15 Å². The maximum absolute atomic E-state index is 12.0. The highest BCUT2D eigenvalue weighted by Crippen LogP contribution is 2.31. The standard InChI is InChI=1S/C14H16O3/c1-4-5-12(15)10-6-7-13(16-3)14-11(10)8-9(2)17-14/h6-8H,4-5H2,1-3H3. The van der Waals surface area contributed by atoms with Crippen LogP contribution < -0.4 is 4.74 Å². The smallest absolute Gasteiger partial charge is 0.176 e. The number of fused-ring (bicyclic) bond motifs is 1. The second kappa shape index (κ2) is 4.62. The van der Waals surface area contributed by atoms with Crippen molar-refractivity contribution in [3.05, 3.63) is 29.5 Å². The van der Waals surface area contributed by atoms with Gasteiger partial charge in [-0.05, 0) is 31.5 Å². The number of ether oxygens (including phenoxy) is 1. The predicted molar refractivity (Wildman–Crippen MR) is 66.7 cm³/mol. The number of aryl methyl sites for hydroxylation is 1. The van der Waals surface area contributed by atoms with Crippen LogP contribution in [0.2, 0.25) is 0 Å². The third-order valence-electron chi connectivity index (χ3n) is 2.77. The van der Waals surface area contributed by atoms with Crippen LogP contribution in [0.4, 0.5) is 0 Å². The summed E-state index contributed by atoms with van der Waals surface area (Å²) in [4.78, 5) is 12.0. The Bertz CT molecular complexity index is 552. The number of furan rings is 1. The van der Waals surface area contributed by atoms with E-state index in [1.807, 2.05) is 26.0 Å². The van der Waals surface area contributed by atoms with E-state index in [-0.39, 0.29) is 5.78 Å². The molecular weight excluding hydrogens is 216 g/mol. The second-order valence-electron chi connectivity index (χ2n) is 4.09. The Morgan fingerprint density at radius 2 is 2.18 bits per heavy atom. The van der Waals surface area contributed by atoms with Gasteiger partial charge in [0.1, 0.15) is 5.76 Å². The van der Waals surface area contributed by atoms with E-state index in [1.54, 1.807) is 13.2 Å². The zero-order chi connectivity index (χ0) is 12.4. The number of ketones is 1. The maximum atomic E-state index is 12.0. The third-order valence-corrected chi connectivity index (χ3v) is 2.77. The predicted octanol–water partition coefficient (Wildman–Crippen LogP) is 3.73. The Hall–Kier alpha value is -1.77. The highest BCUT2D eigenvalue weighted by atomic mass is 16.5. The molecule has 2 aromatic rings. The summed E-state index contributed by atoms with van der Waals surface area (Å²) in [6.45, 7) is 3.87. The van der Waals surface area contributed by atoms with Crippen molar-refractivity contribution in [2.24, 2.45) is 0 Å². The first-order valence-corrected chi connectivity index (χ1v) is 5.77. The Morgan fingerprint density at radius 3 is 2.82 bits per heavy atom. The molecule has 90 valence electrons. The van der Waals surface area contributed by atoms with Crippen molar-refractivity contribution in [3.8, 4) is 5.75 Å². The quantitative estimate of drug-likeness (QED) is 0.754. The molecular formula is C14H16O3. The first-order chi connectivity index (χ1) is 8.17. The van der Waals surface area contributed by atoms with Crippen LogP contribution in [0.1, 0.15) is 35.9 Å². The summed E-state index contributed by atoms with van der Waals surface area (Å²) in [7, 11) is 1.60. The summed E-state index contributed by atoms with van der Waals surface area (Å²) < 4.78 is 10.8. The van der Waals surface area contributed by atoms with Gasteiger partial charge < -0.3 is 9.15 Å². The van der Waals surface area contributed by atoms with Gasteiger partial charge in [0.15, 0.2) is 17.1 Å². The molecule has 1 aromatic carbocycles. The molecule has 0 atom stereocenters. The molecule has 17 heavy (non-hydrogen) atoms. The van der Waals surface area contributed by atoms with Gasteiger partial charge in [-0.3, -0.25) is 4.79 Å². The first-order valence-electron chi connectivity index (χ1n) is 5.77. The average molecular weight is 232 g/mol. The number of hydrogen-bond donors (Lipinski definition) is 0. The molecule has 0 spiro atoms. The summed E-state index contributed by atoms with van der Waals surface area (Å²) in [5, 5.41) is 0.848. The van der Waals surface area contributed by atoms with Crippen LogP contribution in [-0.2, 0) is 0 Å². The Labute approximate surface area is 100 Å². The monoisotopic (exact) mass is 232 g/mol. The second-order valence-corrected chi connectivity index (χ2v) is 4.09.